The first kappa shape index (κ1) is 13.2. The highest BCUT2D eigenvalue weighted by molar-refractivity contribution is 5.93. The van der Waals surface area contributed by atoms with Gasteiger partial charge in [-0.15, -0.1) is 0 Å². The lowest BCUT2D eigenvalue weighted by molar-refractivity contribution is 0.0864. The summed E-state index contributed by atoms with van der Waals surface area (Å²) in [5.74, 6) is -0.326. The van der Waals surface area contributed by atoms with Gasteiger partial charge in [-0.1, -0.05) is 0 Å². The van der Waals surface area contributed by atoms with E-state index in [1.54, 1.807) is 55.3 Å². The fourth-order valence-corrected chi connectivity index (χ4v) is 1.52. The Morgan fingerprint density at radius 3 is 2.89 bits per heavy atom. The third-order valence-electron chi connectivity index (χ3n) is 2.59. The van der Waals surface area contributed by atoms with Crippen LogP contribution in [0.5, 0.6) is 0 Å². The molecule has 2 N–H and O–H groups in total. The molecule has 19 heavy (non-hydrogen) atoms. The number of nitrogens with zero attached hydrogens (tertiary/aromatic N) is 3. The Bertz CT molecular complexity index is 564. The van der Waals surface area contributed by atoms with Gasteiger partial charge in [0.25, 0.3) is 5.91 Å². The maximum absolute atomic E-state index is 12.0. The zero-order valence-corrected chi connectivity index (χ0v) is 10.9. The van der Waals surface area contributed by atoms with E-state index in [-0.39, 0.29) is 18.2 Å². The minimum Gasteiger partial charge on any atom is -0.394 e. The van der Waals surface area contributed by atoms with Crippen LogP contribution in [0.25, 0.3) is 5.69 Å². The number of rotatable bonds is 4. The molecule has 6 heteroatoms. The van der Waals surface area contributed by atoms with Gasteiger partial charge in [-0.3, -0.25) is 9.78 Å². The quantitative estimate of drug-likeness (QED) is 0.851. The van der Waals surface area contributed by atoms with Gasteiger partial charge in [-0.2, -0.15) is 5.10 Å². The van der Waals surface area contributed by atoms with Gasteiger partial charge >= 0.3 is 0 Å². The van der Waals surface area contributed by atoms with Crippen LogP contribution in [0.2, 0.25) is 0 Å². The number of pyridine rings is 1. The first-order chi connectivity index (χ1) is 9.02. The van der Waals surface area contributed by atoms with Crippen molar-refractivity contribution in [1.29, 1.82) is 0 Å². The normalized spacial score (nSPS) is 11.3. The van der Waals surface area contributed by atoms with Crippen LogP contribution in [0, 0.1) is 0 Å². The number of aliphatic hydroxyl groups is 1. The van der Waals surface area contributed by atoms with Crippen molar-refractivity contribution in [2.75, 3.05) is 6.61 Å². The van der Waals surface area contributed by atoms with Crippen LogP contribution in [-0.4, -0.2) is 37.9 Å². The van der Waals surface area contributed by atoms with Gasteiger partial charge in [0.2, 0.25) is 0 Å². The summed E-state index contributed by atoms with van der Waals surface area (Å²) in [5, 5.41) is 16.0. The molecular formula is C13H16N4O2. The number of nitrogens with one attached hydrogen (secondary N) is 1. The standard InChI is InChI=1S/C13H16N4O2/c1-13(2,9-18)16-12(19)11-8-10(4-6-14-11)17-7-3-5-15-17/h3-8,18H,9H2,1-2H3,(H,16,19). The Morgan fingerprint density at radius 2 is 2.26 bits per heavy atom. The third-order valence-corrected chi connectivity index (χ3v) is 2.59. The van der Waals surface area contributed by atoms with Crippen molar-refractivity contribution in [3.63, 3.8) is 0 Å². The Labute approximate surface area is 111 Å². The van der Waals surface area contributed by atoms with Crippen molar-refractivity contribution in [3.8, 4) is 5.69 Å². The van der Waals surface area contributed by atoms with Crippen LogP contribution in [0.1, 0.15) is 24.3 Å². The zero-order valence-electron chi connectivity index (χ0n) is 10.9. The highest BCUT2D eigenvalue weighted by Crippen LogP contribution is 2.08. The predicted molar refractivity (Wildman–Crippen MR) is 70.0 cm³/mol. The zero-order chi connectivity index (χ0) is 13.9. The Morgan fingerprint density at radius 1 is 1.47 bits per heavy atom. The first-order valence-electron chi connectivity index (χ1n) is 5.91. The molecular weight excluding hydrogens is 244 g/mol. The molecule has 0 aromatic carbocycles. The lowest BCUT2D eigenvalue weighted by Gasteiger charge is -2.23. The van der Waals surface area contributed by atoms with E-state index in [0.717, 1.165) is 5.69 Å². The van der Waals surface area contributed by atoms with Crippen LogP contribution in [0.3, 0.4) is 0 Å². The molecule has 2 heterocycles. The molecule has 0 unspecified atom stereocenters. The van der Waals surface area contributed by atoms with Gasteiger partial charge < -0.3 is 10.4 Å². The lowest BCUT2D eigenvalue weighted by Crippen LogP contribution is -2.46. The topological polar surface area (TPSA) is 80.0 Å². The molecule has 0 aliphatic rings. The van der Waals surface area contributed by atoms with E-state index in [1.807, 2.05) is 0 Å². The van der Waals surface area contributed by atoms with Gasteiger partial charge in [0.05, 0.1) is 17.8 Å². The molecule has 0 fully saturated rings. The average Bonchev–Trinajstić information content (AvgIpc) is 2.92. The monoisotopic (exact) mass is 260 g/mol. The van der Waals surface area contributed by atoms with Gasteiger partial charge in [0.15, 0.2) is 0 Å². The molecule has 1 amide bonds. The molecule has 0 atom stereocenters. The molecule has 0 bridgehead atoms. The first-order valence-corrected chi connectivity index (χ1v) is 5.91. The largest absolute Gasteiger partial charge is 0.394 e. The number of hydrogen-bond donors (Lipinski definition) is 2. The molecule has 6 nitrogen and oxygen atoms in total. The van der Waals surface area contributed by atoms with E-state index in [0.29, 0.717) is 0 Å². The smallest absolute Gasteiger partial charge is 0.270 e. The number of carbonyl (C=O) groups is 1. The molecule has 2 rings (SSSR count). The predicted octanol–water partition coefficient (Wildman–Crippen LogP) is 0.768. The summed E-state index contributed by atoms with van der Waals surface area (Å²) in [6, 6.07) is 5.21. The van der Waals surface area contributed by atoms with Gasteiger partial charge in [0, 0.05) is 18.6 Å². The maximum atomic E-state index is 12.0. The minimum absolute atomic E-state index is 0.141. The van der Waals surface area contributed by atoms with Crippen LogP contribution < -0.4 is 5.32 Å². The number of aromatic nitrogens is 3. The van der Waals surface area contributed by atoms with Crippen molar-refractivity contribution < 1.29 is 9.90 Å². The summed E-state index contributed by atoms with van der Waals surface area (Å²) in [6.07, 6.45) is 5.00. The van der Waals surface area contributed by atoms with Crippen molar-refractivity contribution in [2.24, 2.45) is 0 Å². The summed E-state index contributed by atoms with van der Waals surface area (Å²) in [7, 11) is 0. The summed E-state index contributed by atoms with van der Waals surface area (Å²) < 4.78 is 1.65. The van der Waals surface area contributed by atoms with Crippen molar-refractivity contribution in [2.45, 2.75) is 19.4 Å². The van der Waals surface area contributed by atoms with Crippen LogP contribution in [0.4, 0.5) is 0 Å². The van der Waals surface area contributed by atoms with Gasteiger partial charge in [0.1, 0.15) is 5.69 Å². The Balaban J connectivity index is 2.22. The van der Waals surface area contributed by atoms with Crippen LogP contribution >= 0.6 is 0 Å². The van der Waals surface area contributed by atoms with E-state index >= 15 is 0 Å². The van der Waals surface area contributed by atoms with E-state index in [9.17, 15) is 4.79 Å². The summed E-state index contributed by atoms with van der Waals surface area (Å²) in [5.41, 5.74) is 0.363. The Kier molecular flexibility index (Phi) is 3.62. The van der Waals surface area contributed by atoms with E-state index in [4.69, 9.17) is 5.11 Å². The van der Waals surface area contributed by atoms with Gasteiger partial charge in [-0.05, 0) is 32.0 Å². The molecule has 0 aliphatic carbocycles. The van der Waals surface area contributed by atoms with E-state index < -0.39 is 5.54 Å². The molecule has 0 saturated heterocycles. The second-order valence-electron chi connectivity index (χ2n) is 4.85. The average molecular weight is 260 g/mol. The van der Waals surface area contributed by atoms with Crippen molar-refractivity contribution in [1.82, 2.24) is 20.1 Å². The molecule has 2 aromatic rings. The third kappa shape index (κ3) is 3.17. The highest BCUT2D eigenvalue weighted by atomic mass is 16.3. The molecule has 0 aliphatic heterocycles. The molecule has 0 spiro atoms. The number of hydrogen-bond acceptors (Lipinski definition) is 4. The molecule has 100 valence electrons. The van der Waals surface area contributed by atoms with E-state index in [1.165, 1.54) is 0 Å². The van der Waals surface area contributed by atoms with Crippen molar-refractivity contribution in [3.05, 3.63) is 42.5 Å². The summed E-state index contributed by atoms with van der Waals surface area (Å²) in [4.78, 5) is 16.1. The molecule has 0 saturated carbocycles. The van der Waals surface area contributed by atoms with Gasteiger partial charge in [-0.25, -0.2) is 4.68 Å². The Hall–Kier alpha value is -2.21. The van der Waals surface area contributed by atoms with Crippen molar-refractivity contribution >= 4 is 5.91 Å². The summed E-state index contributed by atoms with van der Waals surface area (Å²) >= 11 is 0. The maximum Gasteiger partial charge on any atom is 0.270 e. The number of aliphatic hydroxyl groups excluding tert-OH is 1. The summed E-state index contributed by atoms with van der Waals surface area (Å²) in [6.45, 7) is 3.34. The second kappa shape index (κ2) is 5.19. The molecule has 0 radical (unpaired) electrons. The minimum atomic E-state index is -0.680. The van der Waals surface area contributed by atoms with E-state index in [2.05, 4.69) is 15.4 Å². The number of carbonyl (C=O) groups excluding carboxylic acids is 1. The highest BCUT2D eigenvalue weighted by Gasteiger charge is 2.20. The second-order valence-corrected chi connectivity index (χ2v) is 4.85. The van der Waals surface area contributed by atoms with Crippen LogP contribution in [0.15, 0.2) is 36.8 Å². The fraction of sp³-hybridized carbons (Fsp3) is 0.308. The SMILES string of the molecule is CC(C)(CO)NC(=O)c1cc(-n2cccn2)ccn1. The van der Waals surface area contributed by atoms with Crippen LogP contribution in [-0.2, 0) is 0 Å². The number of amides is 1. The molecule has 2 aromatic heterocycles. The fourth-order valence-electron chi connectivity index (χ4n) is 1.52. The lowest BCUT2D eigenvalue weighted by atomic mass is 10.1.